The molecule has 0 unspecified atom stereocenters. The van der Waals surface area contributed by atoms with Gasteiger partial charge in [0.15, 0.2) is 0 Å². The highest BCUT2D eigenvalue weighted by Crippen LogP contribution is 2.17. The number of amides is 1. The Kier molecular flexibility index (Phi) is 9.96. The maximum atomic E-state index is 12.1. The van der Waals surface area contributed by atoms with Crippen molar-refractivity contribution in [2.75, 3.05) is 26.4 Å². The molecule has 0 aliphatic rings. The monoisotopic (exact) mass is 451 g/mol. The van der Waals surface area contributed by atoms with Crippen LogP contribution in [0.5, 0.6) is 0 Å². The number of rotatable bonds is 11. The molecule has 1 aromatic carbocycles. The second kappa shape index (κ2) is 11.1. The lowest BCUT2D eigenvalue weighted by molar-refractivity contribution is 0.0705. The Labute approximate surface area is 153 Å². The van der Waals surface area contributed by atoms with Gasteiger partial charge in [0.05, 0.1) is 0 Å². The van der Waals surface area contributed by atoms with Crippen LogP contribution in [0.3, 0.4) is 0 Å². The molecule has 0 radical (unpaired) electrons. The van der Waals surface area contributed by atoms with Crippen molar-refractivity contribution < 1.29 is 18.1 Å². The number of carbonyl (C=O) groups excluding carboxylic acids is 1. The smallest absolute Gasteiger partial charge is 0.374 e. The summed E-state index contributed by atoms with van der Waals surface area (Å²) in [6.45, 7) is 8.12. The Morgan fingerprint density at radius 1 is 1.04 bits per heavy atom. The summed E-state index contributed by atoms with van der Waals surface area (Å²) >= 11 is 2.22. The molecule has 1 aromatic rings. The molecular weight excluding hydrogens is 425 g/mol. The van der Waals surface area contributed by atoms with Crippen molar-refractivity contribution >= 4 is 37.3 Å². The Bertz CT molecular complexity index is 453. The van der Waals surface area contributed by atoms with Crippen LogP contribution in [-0.2, 0) is 13.3 Å². The van der Waals surface area contributed by atoms with E-state index in [-0.39, 0.29) is 5.91 Å². The molecule has 0 spiro atoms. The van der Waals surface area contributed by atoms with Gasteiger partial charge in [0, 0.05) is 41.5 Å². The maximum absolute atomic E-state index is 12.1. The topological polar surface area (TPSA) is 56.8 Å². The van der Waals surface area contributed by atoms with Crippen LogP contribution in [0.4, 0.5) is 0 Å². The van der Waals surface area contributed by atoms with Gasteiger partial charge in [-0.05, 0) is 74.0 Å². The predicted octanol–water partition coefficient (Wildman–Crippen LogP) is 3.46. The predicted molar refractivity (Wildman–Crippen MR) is 102 cm³/mol. The van der Waals surface area contributed by atoms with Crippen molar-refractivity contribution in [3.63, 3.8) is 0 Å². The minimum Gasteiger partial charge on any atom is -0.374 e. The quantitative estimate of drug-likeness (QED) is 0.318. The first-order valence-corrected chi connectivity index (χ1v) is 11.0. The first-order chi connectivity index (χ1) is 11.1. The van der Waals surface area contributed by atoms with E-state index < -0.39 is 8.80 Å². The lowest BCUT2D eigenvalue weighted by Crippen LogP contribution is -2.46. The fraction of sp³-hybridized carbons (Fsp3) is 0.562. The first-order valence-electron chi connectivity index (χ1n) is 8.02. The SMILES string of the molecule is CCO[Si](CCCNC(=O)c1ccc(I)cc1)(OCC)OCC. The van der Waals surface area contributed by atoms with Gasteiger partial charge in [-0.25, -0.2) is 0 Å². The van der Waals surface area contributed by atoms with Crippen LogP contribution in [0.15, 0.2) is 24.3 Å². The molecule has 0 heterocycles. The van der Waals surface area contributed by atoms with E-state index in [1.54, 1.807) is 0 Å². The van der Waals surface area contributed by atoms with Gasteiger partial charge < -0.3 is 18.6 Å². The molecule has 23 heavy (non-hydrogen) atoms. The summed E-state index contributed by atoms with van der Waals surface area (Å²) in [7, 11) is -2.61. The Balaban J connectivity index is 2.46. The highest BCUT2D eigenvalue weighted by Gasteiger charge is 2.39. The summed E-state index contributed by atoms with van der Waals surface area (Å²) < 4.78 is 18.5. The molecule has 130 valence electrons. The third-order valence-corrected chi connectivity index (χ3v) is 7.02. The standard InChI is InChI=1S/C16H26INO4Si/c1-4-20-23(21-5-2,22-6-3)13-7-12-18-16(19)14-8-10-15(17)11-9-14/h8-11H,4-7,12-13H2,1-3H3,(H,18,19). The zero-order valence-electron chi connectivity index (χ0n) is 14.1. The first kappa shape index (κ1) is 20.6. The second-order valence-electron chi connectivity index (χ2n) is 4.85. The maximum Gasteiger partial charge on any atom is 0.500 e. The molecule has 0 fully saturated rings. The third kappa shape index (κ3) is 7.30. The lowest BCUT2D eigenvalue weighted by atomic mass is 10.2. The molecule has 0 saturated carbocycles. The highest BCUT2D eigenvalue weighted by molar-refractivity contribution is 14.1. The number of benzene rings is 1. The molecule has 0 aliphatic heterocycles. The van der Waals surface area contributed by atoms with Gasteiger partial charge in [-0.2, -0.15) is 0 Å². The van der Waals surface area contributed by atoms with Gasteiger partial charge in [0.25, 0.3) is 5.91 Å². The number of hydrogen-bond donors (Lipinski definition) is 1. The van der Waals surface area contributed by atoms with Crippen LogP contribution in [0.1, 0.15) is 37.6 Å². The van der Waals surface area contributed by atoms with E-state index in [1.807, 2.05) is 45.0 Å². The summed E-state index contributed by atoms with van der Waals surface area (Å²) in [5.41, 5.74) is 0.674. The number of halogens is 1. The summed E-state index contributed by atoms with van der Waals surface area (Å²) in [6.07, 6.45) is 0.766. The second-order valence-corrected chi connectivity index (χ2v) is 8.83. The summed E-state index contributed by atoms with van der Waals surface area (Å²) in [5.74, 6) is -0.0575. The van der Waals surface area contributed by atoms with E-state index >= 15 is 0 Å². The molecule has 1 N–H and O–H groups in total. The van der Waals surface area contributed by atoms with Crippen LogP contribution >= 0.6 is 22.6 Å². The van der Waals surface area contributed by atoms with E-state index in [1.165, 1.54) is 0 Å². The summed E-state index contributed by atoms with van der Waals surface area (Å²) in [4.78, 5) is 12.1. The number of nitrogens with one attached hydrogen (secondary N) is 1. The Morgan fingerprint density at radius 2 is 1.57 bits per heavy atom. The van der Waals surface area contributed by atoms with Crippen LogP contribution in [0.2, 0.25) is 6.04 Å². The van der Waals surface area contributed by atoms with E-state index in [2.05, 4.69) is 27.9 Å². The van der Waals surface area contributed by atoms with Gasteiger partial charge in [0.2, 0.25) is 0 Å². The molecular formula is C16H26INO4Si. The van der Waals surface area contributed by atoms with Gasteiger partial charge in [-0.1, -0.05) is 0 Å². The van der Waals surface area contributed by atoms with E-state index in [0.717, 1.165) is 9.99 Å². The molecule has 0 aliphatic carbocycles. The molecule has 0 aromatic heterocycles. The Morgan fingerprint density at radius 3 is 2.04 bits per heavy atom. The molecule has 0 bridgehead atoms. The van der Waals surface area contributed by atoms with Gasteiger partial charge in [0.1, 0.15) is 0 Å². The van der Waals surface area contributed by atoms with Crippen molar-refractivity contribution in [2.24, 2.45) is 0 Å². The molecule has 5 nitrogen and oxygen atoms in total. The lowest BCUT2D eigenvalue weighted by Gasteiger charge is -2.28. The van der Waals surface area contributed by atoms with Crippen LogP contribution in [0, 0.1) is 3.57 Å². The fourth-order valence-electron chi connectivity index (χ4n) is 2.21. The third-order valence-electron chi connectivity index (χ3n) is 3.14. The zero-order chi connectivity index (χ0) is 17.1. The molecule has 0 saturated heterocycles. The summed E-state index contributed by atoms with van der Waals surface area (Å²) in [6, 6.07) is 8.21. The number of carbonyl (C=O) groups is 1. The zero-order valence-corrected chi connectivity index (χ0v) is 17.2. The highest BCUT2D eigenvalue weighted by atomic mass is 127. The average molecular weight is 451 g/mol. The van der Waals surface area contributed by atoms with E-state index in [9.17, 15) is 4.79 Å². The fourth-order valence-corrected chi connectivity index (χ4v) is 5.18. The van der Waals surface area contributed by atoms with Crippen LogP contribution in [0.25, 0.3) is 0 Å². The van der Waals surface area contributed by atoms with Gasteiger partial charge in [-0.15, -0.1) is 0 Å². The average Bonchev–Trinajstić information content (AvgIpc) is 2.53. The minimum atomic E-state index is -2.61. The van der Waals surface area contributed by atoms with Crippen molar-refractivity contribution in [3.8, 4) is 0 Å². The molecule has 0 atom stereocenters. The van der Waals surface area contributed by atoms with Crippen LogP contribution in [-0.4, -0.2) is 41.1 Å². The van der Waals surface area contributed by atoms with Crippen molar-refractivity contribution in [1.29, 1.82) is 0 Å². The normalized spacial score (nSPS) is 11.5. The van der Waals surface area contributed by atoms with Gasteiger partial charge in [-0.3, -0.25) is 4.79 Å². The van der Waals surface area contributed by atoms with Crippen molar-refractivity contribution in [1.82, 2.24) is 5.32 Å². The molecule has 1 amide bonds. The molecule has 7 heteroatoms. The van der Waals surface area contributed by atoms with Crippen LogP contribution < -0.4 is 5.32 Å². The van der Waals surface area contributed by atoms with E-state index in [0.29, 0.717) is 38.0 Å². The Hall–Kier alpha value is -0.483. The van der Waals surface area contributed by atoms with E-state index in [4.69, 9.17) is 13.3 Å². The van der Waals surface area contributed by atoms with Gasteiger partial charge >= 0.3 is 8.80 Å². The molecule has 1 rings (SSSR count). The van der Waals surface area contributed by atoms with Crippen molar-refractivity contribution in [2.45, 2.75) is 33.2 Å². The minimum absolute atomic E-state index is 0.0575. The summed E-state index contributed by atoms with van der Waals surface area (Å²) in [5, 5.41) is 2.93. The van der Waals surface area contributed by atoms with Crippen molar-refractivity contribution in [3.05, 3.63) is 33.4 Å². The number of hydrogen-bond acceptors (Lipinski definition) is 4. The largest absolute Gasteiger partial charge is 0.500 e.